The molecule has 0 aromatic carbocycles. The fraction of sp³-hybridized carbons (Fsp3) is 0.688. The van der Waals surface area contributed by atoms with E-state index in [0.717, 1.165) is 0 Å². The van der Waals surface area contributed by atoms with Gasteiger partial charge in [0.2, 0.25) is 0 Å². The summed E-state index contributed by atoms with van der Waals surface area (Å²) in [5, 5.41) is 2.46. The van der Waals surface area contributed by atoms with Crippen molar-refractivity contribution >= 4 is 18.0 Å². The summed E-state index contributed by atoms with van der Waals surface area (Å²) in [4.78, 5) is 35.5. The SMILES string of the molecule is C=CCOC(=O)[C@@H](C)OC(=O)C(NC(=O)OC(C)(C)C)C(C)C. The Balaban J connectivity index is 4.71. The number of ether oxygens (including phenoxy) is 3. The summed E-state index contributed by atoms with van der Waals surface area (Å²) in [5.74, 6) is -1.65. The first kappa shape index (κ1) is 20.9. The highest BCUT2D eigenvalue weighted by Gasteiger charge is 2.30. The number of alkyl carbamates (subject to hydrolysis) is 1. The molecule has 1 N–H and O–H groups in total. The number of rotatable bonds is 7. The minimum absolute atomic E-state index is 0.0322. The van der Waals surface area contributed by atoms with Gasteiger partial charge in [0.25, 0.3) is 0 Å². The Morgan fingerprint density at radius 3 is 2.13 bits per heavy atom. The topological polar surface area (TPSA) is 90.9 Å². The van der Waals surface area contributed by atoms with Crippen LogP contribution in [0.2, 0.25) is 0 Å². The lowest BCUT2D eigenvalue weighted by atomic mass is 10.1. The summed E-state index contributed by atoms with van der Waals surface area (Å²) in [5.41, 5.74) is -0.683. The molecule has 0 aliphatic carbocycles. The number of esters is 2. The van der Waals surface area contributed by atoms with Gasteiger partial charge in [0.15, 0.2) is 6.10 Å². The molecule has 2 atom stereocenters. The molecule has 0 aromatic rings. The van der Waals surface area contributed by atoms with Crippen LogP contribution in [-0.2, 0) is 23.8 Å². The third-order valence-electron chi connectivity index (χ3n) is 2.56. The lowest BCUT2D eigenvalue weighted by molar-refractivity contribution is -0.167. The average molecular weight is 329 g/mol. The van der Waals surface area contributed by atoms with Gasteiger partial charge >= 0.3 is 18.0 Å². The lowest BCUT2D eigenvalue weighted by Crippen LogP contribution is -2.48. The van der Waals surface area contributed by atoms with Gasteiger partial charge in [-0.05, 0) is 33.6 Å². The van der Waals surface area contributed by atoms with Gasteiger partial charge in [-0.25, -0.2) is 14.4 Å². The molecule has 1 unspecified atom stereocenters. The normalized spacial score (nSPS) is 13.7. The second-order valence-electron chi connectivity index (χ2n) is 6.37. The summed E-state index contributed by atoms with van der Waals surface area (Å²) >= 11 is 0. The van der Waals surface area contributed by atoms with Crippen molar-refractivity contribution in [3.05, 3.63) is 12.7 Å². The zero-order valence-electron chi connectivity index (χ0n) is 14.7. The molecule has 0 rings (SSSR count). The van der Waals surface area contributed by atoms with Gasteiger partial charge in [-0.2, -0.15) is 0 Å². The van der Waals surface area contributed by atoms with Crippen LogP contribution in [0.3, 0.4) is 0 Å². The van der Waals surface area contributed by atoms with Crippen molar-refractivity contribution in [2.24, 2.45) is 5.92 Å². The van der Waals surface area contributed by atoms with Crippen molar-refractivity contribution in [3.63, 3.8) is 0 Å². The fourth-order valence-corrected chi connectivity index (χ4v) is 1.49. The molecule has 0 saturated heterocycles. The van der Waals surface area contributed by atoms with Crippen LogP contribution < -0.4 is 5.32 Å². The molecule has 0 heterocycles. The Morgan fingerprint density at radius 2 is 1.70 bits per heavy atom. The molecular formula is C16H27NO6. The molecule has 1 amide bonds. The molecule has 0 saturated carbocycles. The first-order chi connectivity index (χ1) is 10.5. The van der Waals surface area contributed by atoms with Crippen molar-refractivity contribution in [3.8, 4) is 0 Å². The maximum atomic E-state index is 12.2. The summed E-state index contributed by atoms with van der Waals surface area (Å²) in [6, 6.07) is -0.931. The van der Waals surface area contributed by atoms with Crippen molar-refractivity contribution in [2.45, 2.75) is 59.3 Å². The molecule has 0 aliphatic rings. The molecule has 0 fully saturated rings. The minimum atomic E-state index is -1.08. The van der Waals surface area contributed by atoms with E-state index >= 15 is 0 Å². The number of amides is 1. The zero-order chi connectivity index (χ0) is 18.2. The van der Waals surface area contributed by atoms with Crippen molar-refractivity contribution < 1.29 is 28.6 Å². The first-order valence-electron chi connectivity index (χ1n) is 7.45. The predicted molar refractivity (Wildman–Crippen MR) is 84.7 cm³/mol. The van der Waals surface area contributed by atoms with Gasteiger partial charge in [0.1, 0.15) is 18.2 Å². The van der Waals surface area contributed by atoms with Crippen LogP contribution >= 0.6 is 0 Å². The molecule has 0 aliphatic heterocycles. The van der Waals surface area contributed by atoms with Gasteiger partial charge in [0, 0.05) is 0 Å². The molecule has 7 nitrogen and oxygen atoms in total. The number of hydrogen-bond acceptors (Lipinski definition) is 6. The minimum Gasteiger partial charge on any atom is -0.459 e. The van der Waals surface area contributed by atoms with Crippen LogP contribution in [-0.4, -0.2) is 42.4 Å². The summed E-state index contributed by atoms with van der Waals surface area (Å²) in [6.07, 6.45) is -0.396. The van der Waals surface area contributed by atoms with E-state index in [1.807, 2.05) is 0 Å². The van der Waals surface area contributed by atoms with Crippen LogP contribution in [0.15, 0.2) is 12.7 Å². The van der Waals surface area contributed by atoms with Gasteiger partial charge in [-0.3, -0.25) is 0 Å². The predicted octanol–water partition coefficient (Wildman–Crippen LogP) is 2.20. The summed E-state index contributed by atoms with van der Waals surface area (Å²) in [6.45, 7) is 13.5. The standard InChI is InChI=1S/C16H27NO6/c1-8-9-21-13(18)11(4)22-14(19)12(10(2)3)17-15(20)23-16(5,6)7/h8,10-12H,1,9H2,2-7H3,(H,17,20)/t11-,12?/m1/s1. The molecule has 132 valence electrons. The van der Waals surface area contributed by atoms with E-state index in [9.17, 15) is 14.4 Å². The van der Waals surface area contributed by atoms with E-state index in [4.69, 9.17) is 14.2 Å². The molecule has 0 radical (unpaired) electrons. The Kier molecular flexibility index (Phi) is 8.35. The van der Waals surface area contributed by atoms with E-state index in [1.54, 1.807) is 34.6 Å². The van der Waals surface area contributed by atoms with E-state index in [-0.39, 0.29) is 12.5 Å². The maximum Gasteiger partial charge on any atom is 0.408 e. The number of hydrogen-bond donors (Lipinski definition) is 1. The summed E-state index contributed by atoms with van der Waals surface area (Å²) in [7, 11) is 0. The van der Waals surface area contributed by atoms with E-state index < -0.39 is 35.8 Å². The van der Waals surface area contributed by atoms with Crippen LogP contribution in [0, 0.1) is 5.92 Å². The lowest BCUT2D eigenvalue weighted by Gasteiger charge is -2.25. The third kappa shape index (κ3) is 8.85. The fourth-order valence-electron chi connectivity index (χ4n) is 1.49. The molecule has 7 heteroatoms. The maximum absolute atomic E-state index is 12.2. The highest BCUT2D eigenvalue weighted by atomic mass is 16.6. The van der Waals surface area contributed by atoms with Crippen LogP contribution in [0.5, 0.6) is 0 Å². The van der Waals surface area contributed by atoms with Crippen molar-refractivity contribution in [2.75, 3.05) is 6.61 Å². The quantitative estimate of drug-likeness (QED) is 0.437. The van der Waals surface area contributed by atoms with E-state index in [1.165, 1.54) is 13.0 Å². The van der Waals surface area contributed by atoms with Gasteiger partial charge < -0.3 is 19.5 Å². The van der Waals surface area contributed by atoms with E-state index in [0.29, 0.717) is 0 Å². The highest BCUT2D eigenvalue weighted by molar-refractivity contribution is 5.84. The average Bonchev–Trinajstić information content (AvgIpc) is 2.39. The van der Waals surface area contributed by atoms with Crippen LogP contribution in [0.1, 0.15) is 41.5 Å². The van der Waals surface area contributed by atoms with Gasteiger partial charge in [-0.15, -0.1) is 0 Å². The third-order valence-corrected chi connectivity index (χ3v) is 2.56. The Hall–Kier alpha value is -2.05. The molecule has 0 bridgehead atoms. The second-order valence-corrected chi connectivity index (χ2v) is 6.37. The molecule has 23 heavy (non-hydrogen) atoms. The van der Waals surface area contributed by atoms with Crippen molar-refractivity contribution in [1.29, 1.82) is 0 Å². The zero-order valence-corrected chi connectivity index (χ0v) is 14.7. The highest BCUT2D eigenvalue weighted by Crippen LogP contribution is 2.10. The molecular weight excluding hydrogens is 302 g/mol. The first-order valence-corrected chi connectivity index (χ1v) is 7.45. The Labute approximate surface area is 137 Å². The Morgan fingerprint density at radius 1 is 1.13 bits per heavy atom. The van der Waals surface area contributed by atoms with E-state index in [2.05, 4.69) is 11.9 Å². The number of carbonyl (C=O) groups excluding carboxylic acids is 3. The molecule has 0 spiro atoms. The number of carbonyl (C=O) groups is 3. The van der Waals surface area contributed by atoms with Gasteiger partial charge in [-0.1, -0.05) is 26.5 Å². The van der Waals surface area contributed by atoms with Gasteiger partial charge in [0.05, 0.1) is 0 Å². The van der Waals surface area contributed by atoms with Crippen LogP contribution in [0.25, 0.3) is 0 Å². The Bertz CT molecular complexity index is 438. The van der Waals surface area contributed by atoms with Crippen molar-refractivity contribution in [1.82, 2.24) is 5.32 Å². The smallest absolute Gasteiger partial charge is 0.408 e. The second kappa shape index (κ2) is 9.17. The number of nitrogens with one attached hydrogen (secondary N) is 1. The monoisotopic (exact) mass is 329 g/mol. The summed E-state index contributed by atoms with van der Waals surface area (Å²) < 4.78 is 15.0. The molecule has 0 aromatic heterocycles. The largest absolute Gasteiger partial charge is 0.459 e. The van der Waals surface area contributed by atoms with Crippen LogP contribution in [0.4, 0.5) is 4.79 Å².